The van der Waals surface area contributed by atoms with Gasteiger partial charge in [0.05, 0.1) is 11.2 Å². The Labute approximate surface area is 226 Å². The van der Waals surface area contributed by atoms with Gasteiger partial charge in [0.15, 0.2) is 11.6 Å². The van der Waals surface area contributed by atoms with Gasteiger partial charge in [0.1, 0.15) is 12.4 Å². The van der Waals surface area contributed by atoms with Crippen molar-refractivity contribution < 1.29 is 23.0 Å². The van der Waals surface area contributed by atoms with Crippen LogP contribution >= 0.6 is 0 Å². The number of pyridine rings is 1. The van der Waals surface area contributed by atoms with E-state index in [9.17, 15) is 13.6 Å². The summed E-state index contributed by atoms with van der Waals surface area (Å²) < 4.78 is 38.9. The van der Waals surface area contributed by atoms with Crippen molar-refractivity contribution in [3.8, 4) is 5.75 Å². The Hall–Kier alpha value is -4.33. The van der Waals surface area contributed by atoms with Crippen LogP contribution in [0.15, 0.2) is 77.9 Å². The van der Waals surface area contributed by atoms with Crippen molar-refractivity contribution in [1.29, 1.82) is 0 Å². The van der Waals surface area contributed by atoms with Crippen molar-refractivity contribution in [2.45, 2.75) is 39.7 Å². The largest absolute Gasteiger partial charge is 0.487 e. The van der Waals surface area contributed by atoms with Crippen LogP contribution in [0.4, 0.5) is 8.78 Å². The highest BCUT2D eigenvalue weighted by Gasteiger charge is 2.28. The van der Waals surface area contributed by atoms with Crippen LogP contribution < -0.4 is 10.2 Å². The van der Waals surface area contributed by atoms with E-state index < -0.39 is 11.6 Å². The number of hydrogen-bond acceptors (Lipinski definition) is 6. The molecule has 0 bridgehead atoms. The van der Waals surface area contributed by atoms with Crippen LogP contribution in [0, 0.1) is 17.0 Å². The smallest absolute Gasteiger partial charge is 0.299 e. The maximum Gasteiger partial charge on any atom is 0.299 e. The summed E-state index contributed by atoms with van der Waals surface area (Å²) >= 11 is 0. The standard InChI is InChI=1S/C31H31F2N3O3/c1-31(2,3)26(20-8-6-5-7-9-20)17-21-16-23(11-13-24(21)30(36-34-4)39-19-37)38-18-22-10-12-25-28(35-22)15-14-27(32)29(25)33/h5-16,19,26,34H,17-18H2,1-4H3/b36-30-. The van der Waals surface area contributed by atoms with Gasteiger partial charge in [-0.2, -0.15) is 0 Å². The number of hydrogen-bond donors (Lipinski definition) is 1. The predicted molar refractivity (Wildman–Crippen MR) is 148 cm³/mol. The van der Waals surface area contributed by atoms with Crippen molar-refractivity contribution in [3.05, 3.63) is 107 Å². The first-order valence-corrected chi connectivity index (χ1v) is 12.6. The fourth-order valence-corrected chi connectivity index (χ4v) is 4.59. The first-order valence-electron chi connectivity index (χ1n) is 12.6. The normalized spacial score (nSPS) is 12.7. The zero-order chi connectivity index (χ0) is 28.0. The Bertz CT molecular complexity index is 1480. The number of nitrogens with one attached hydrogen (secondary N) is 1. The summed E-state index contributed by atoms with van der Waals surface area (Å²) in [5, 5.41) is 4.27. The molecule has 0 fully saturated rings. The van der Waals surface area contributed by atoms with Gasteiger partial charge >= 0.3 is 0 Å². The SMILES string of the molecule is CN/N=C(\OC=O)c1ccc(OCc2ccc3c(F)c(F)ccc3n2)cc1CC(c1ccccc1)C(C)(C)C. The molecule has 0 spiro atoms. The third-order valence-corrected chi connectivity index (χ3v) is 6.55. The van der Waals surface area contributed by atoms with E-state index in [1.54, 1.807) is 25.2 Å². The highest BCUT2D eigenvalue weighted by Crippen LogP contribution is 2.39. The molecule has 1 unspecified atom stereocenters. The Balaban J connectivity index is 1.68. The van der Waals surface area contributed by atoms with E-state index in [2.05, 4.69) is 48.4 Å². The van der Waals surface area contributed by atoms with Crippen molar-refractivity contribution in [3.63, 3.8) is 0 Å². The fourth-order valence-electron chi connectivity index (χ4n) is 4.59. The van der Waals surface area contributed by atoms with Crippen molar-refractivity contribution in [2.24, 2.45) is 10.5 Å². The average molecular weight is 532 g/mol. The number of nitrogens with zero attached hydrogens (tertiary/aromatic N) is 2. The van der Waals surface area contributed by atoms with Gasteiger partial charge in [0.2, 0.25) is 5.90 Å². The number of fused-ring (bicyclic) bond motifs is 1. The van der Waals surface area contributed by atoms with Gasteiger partial charge in [-0.25, -0.2) is 13.8 Å². The van der Waals surface area contributed by atoms with Crippen LogP contribution in [-0.2, 0) is 22.6 Å². The highest BCUT2D eigenvalue weighted by molar-refractivity contribution is 5.98. The summed E-state index contributed by atoms with van der Waals surface area (Å²) in [5.74, 6) is -0.963. The molecule has 0 amide bonds. The molecule has 0 saturated heterocycles. The summed E-state index contributed by atoms with van der Waals surface area (Å²) in [6.07, 6.45) is 0.629. The zero-order valence-electron chi connectivity index (χ0n) is 22.4. The molecule has 0 radical (unpaired) electrons. The molecule has 0 saturated carbocycles. The minimum Gasteiger partial charge on any atom is -0.487 e. The number of rotatable bonds is 9. The Kier molecular flexibility index (Phi) is 8.54. The number of hydrazone groups is 1. The van der Waals surface area contributed by atoms with Gasteiger partial charge in [-0.05, 0) is 71.3 Å². The van der Waals surface area contributed by atoms with E-state index in [4.69, 9.17) is 9.47 Å². The lowest BCUT2D eigenvalue weighted by Gasteiger charge is -2.32. The van der Waals surface area contributed by atoms with Crippen LogP contribution in [0.5, 0.6) is 5.75 Å². The van der Waals surface area contributed by atoms with Crippen molar-refractivity contribution in [2.75, 3.05) is 7.05 Å². The van der Waals surface area contributed by atoms with E-state index in [1.807, 2.05) is 24.3 Å². The molecule has 4 rings (SSSR count). The van der Waals surface area contributed by atoms with Gasteiger partial charge in [0.25, 0.3) is 6.47 Å². The lowest BCUT2D eigenvalue weighted by atomic mass is 9.73. The molecule has 1 aromatic heterocycles. The van der Waals surface area contributed by atoms with Crippen LogP contribution in [0.25, 0.3) is 10.9 Å². The van der Waals surface area contributed by atoms with E-state index >= 15 is 0 Å². The maximum absolute atomic E-state index is 14.1. The number of aromatic nitrogens is 1. The molecule has 1 atom stereocenters. The molecule has 6 nitrogen and oxygen atoms in total. The highest BCUT2D eigenvalue weighted by atomic mass is 19.2. The summed E-state index contributed by atoms with van der Waals surface area (Å²) in [5.41, 5.74) is 6.27. The van der Waals surface area contributed by atoms with Gasteiger partial charge in [-0.1, -0.05) is 51.1 Å². The third kappa shape index (κ3) is 6.57. The molecule has 8 heteroatoms. The van der Waals surface area contributed by atoms with E-state index in [-0.39, 0.29) is 29.2 Å². The number of carbonyl (C=O) groups excluding carboxylic acids is 1. The zero-order valence-corrected chi connectivity index (χ0v) is 22.4. The Morgan fingerprint density at radius 2 is 1.82 bits per heavy atom. The second kappa shape index (κ2) is 12.0. The number of carbonyl (C=O) groups is 1. The molecule has 1 heterocycles. The molecular formula is C31H31F2N3O3. The molecule has 39 heavy (non-hydrogen) atoms. The first kappa shape index (κ1) is 27.7. The predicted octanol–water partition coefficient (Wildman–Crippen LogP) is 6.52. The van der Waals surface area contributed by atoms with Crippen LogP contribution in [0.2, 0.25) is 0 Å². The molecule has 0 aliphatic carbocycles. The van der Waals surface area contributed by atoms with E-state index in [1.165, 1.54) is 17.7 Å². The summed E-state index contributed by atoms with van der Waals surface area (Å²) in [6.45, 7) is 7.04. The molecule has 1 N–H and O–H groups in total. The molecule has 0 aliphatic rings. The van der Waals surface area contributed by atoms with E-state index in [0.717, 1.165) is 11.6 Å². The summed E-state index contributed by atoms with van der Waals surface area (Å²) in [6, 6.07) is 21.4. The minimum atomic E-state index is -0.920. The van der Waals surface area contributed by atoms with Gasteiger partial charge < -0.3 is 14.9 Å². The maximum atomic E-state index is 14.1. The Morgan fingerprint density at radius 3 is 2.51 bits per heavy atom. The molecular weight excluding hydrogens is 500 g/mol. The summed E-state index contributed by atoms with van der Waals surface area (Å²) in [4.78, 5) is 15.6. The fraction of sp³-hybridized carbons (Fsp3) is 0.258. The van der Waals surface area contributed by atoms with Crippen LogP contribution in [-0.4, -0.2) is 24.4 Å². The van der Waals surface area contributed by atoms with E-state index in [0.29, 0.717) is 35.4 Å². The number of benzene rings is 3. The third-order valence-electron chi connectivity index (χ3n) is 6.55. The second-order valence-corrected chi connectivity index (χ2v) is 10.2. The molecule has 3 aromatic carbocycles. The lowest BCUT2D eigenvalue weighted by Crippen LogP contribution is -2.22. The minimum absolute atomic E-state index is 0.0783. The summed E-state index contributed by atoms with van der Waals surface area (Å²) in [7, 11) is 1.63. The second-order valence-electron chi connectivity index (χ2n) is 10.2. The quantitative estimate of drug-likeness (QED) is 0.115. The molecule has 4 aromatic rings. The van der Waals surface area contributed by atoms with Gasteiger partial charge in [-0.3, -0.25) is 4.79 Å². The monoisotopic (exact) mass is 531 g/mol. The molecule has 202 valence electrons. The number of ether oxygens (including phenoxy) is 2. The van der Waals surface area contributed by atoms with Gasteiger partial charge in [0, 0.05) is 18.0 Å². The topological polar surface area (TPSA) is 72.8 Å². The van der Waals surface area contributed by atoms with Gasteiger partial charge in [-0.15, -0.1) is 5.10 Å². The molecule has 0 aliphatic heterocycles. The lowest BCUT2D eigenvalue weighted by molar-refractivity contribution is -0.121. The van der Waals surface area contributed by atoms with Crippen molar-refractivity contribution in [1.82, 2.24) is 10.4 Å². The van der Waals surface area contributed by atoms with Crippen LogP contribution in [0.3, 0.4) is 0 Å². The average Bonchev–Trinajstić information content (AvgIpc) is 2.92. The van der Waals surface area contributed by atoms with Crippen LogP contribution in [0.1, 0.15) is 49.1 Å². The first-order chi connectivity index (χ1) is 18.7. The van der Waals surface area contributed by atoms with Crippen molar-refractivity contribution >= 4 is 23.3 Å². The Morgan fingerprint density at radius 1 is 1.05 bits per heavy atom. The number of halogens is 2.